The fourth-order valence-electron chi connectivity index (χ4n) is 1.55. The highest BCUT2D eigenvalue weighted by Gasteiger charge is 2.17. The standard InChI is InChI=1S/C9H12N2OS/c10-7-1-2-9(12)11(5-7)8-3-4-13-6-8/h1-2,5,8H,3-4,6,10H2. The first-order valence-electron chi connectivity index (χ1n) is 4.33. The van der Waals surface area contributed by atoms with Gasteiger partial charge in [-0.2, -0.15) is 11.8 Å². The van der Waals surface area contributed by atoms with E-state index in [2.05, 4.69) is 0 Å². The molecule has 1 aromatic rings. The van der Waals surface area contributed by atoms with Crippen LogP contribution in [0.2, 0.25) is 0 Å². The predicted octanol–water partition coefficient (Wildman–Crippen LogP) is 1.11. The van der Waals surface area contributed by atoms with Gasteiger partial charge in [0.25, 0.3) is 5.56 Å². The molecule has 70 valence electrons. The molecule has 1 fully saturated rings. The van der Waals surface area contributed by atoms with E-state index in [9.17, 15) is 4.79 Å². The SMILES string of the molecule is Nc1ccc(=O)n(C2CCSC2)c1. The van der Waals surface area contributed by atoms with Crippen LogP contribution in [0.25, 0.3) is 0 Å². The van der Waals surface area contributed by atoms with Crippen LogP contribution in [0.1, 0.15) is 12.5 Å². The first-order chi connectivity index (χ1) is 6.27. The van der Waals surface area contributed by atoms with Crippen molar-refractivity contribution in [3.8, 4) is 0 Å². The quantitative estimate of drug-likeness (QED) is 0.732. The summed E-state index contributed by atoms with van der Waals surface area (Å²) in [5, 5.41) is 0. The molecule has 4 heteroatoms. The largest absolute Gasteiger partial charge is 0.398 e. The summed E-state index contributed by atoms with van der Waals surface area (Å²) in [6.07, 6.45) is 2.83. The molecular formula is C9H12N2OS. The second-order valence-corrected chi connectivity index (χ2v) is 4.38. The lowest BCUT2D eigenvalue weighted by molar-refractivity contribution is 0.543. The molecule has 0 radical (unpaired) electrons. The third kappa shape index (κ3) is 1.72. The van der Waals surface area contributed by atoms with Crippen molar-refractivity contribution in [3.63, 3.8) is 0 Å². The maximum atomic E-state index is 11.5. The molecule has 2 heterocycles. The summed E-state index contributed by atoms with van der Waals surface area (Å²) < 4.78 is 1.76. The highest BCUT2D eigenvalue weighted by Crippen LogP contribution is 2.26. The molecule has 0 aromatic carbocycles. The molecule has 0 amide bonds. The molecule has 1 saturated heterocycles. The summed E-state index contributed by atoms with van der Waals surface area (Å²) in [5.41, 5.74) is 6.35. The van der Waals surface area contributed by atoms with E-state index in [1.807, 2.05) is 11.8 Å². The number of nitrogens with zero attached hydrogens (tertiary/aromatic N) is 1. The van der Waals surface area contributed by atoms with E-state index in [0.717, 1.165) is 17.9 Å². The van der Waals surface area contributed by atoms with Gasteiger partial charge in [-0.3, -0.25) is 4.79 Å². The molecule has 1 aliphatic rings. The zero-order chi connectivity index (χ0) is 9.26. The van der Waals surface area contributed by atoms with E-state index in [0.29, 0.717) is 11.7 Å². The lowest BCUT2D eigenvalue weighted by Gasteiger charge is -2.12. The molecule has 13 heavy (non-hydrogen) atoms. The van der Waals surface area contributed by atoms with Gasteiger partial charge in [0, 0.05) is 29.7 Å². The topological polar surface area (TPSA) is 48.0 Å². The van der Waals surface area contributed by atoms with E-state index >= 15 is 0 Å². The monoisotopic (exact) mass is 196 g/mol. The van der Waals surface area contributed by atoms with Crippen molar-refractivity contribution in [2.75, 3.05) is 17.2 Å². The third-order valence-corrected chi connectivity index (χ3v) is 3.40. The van der Waals surface area contributed by atoms with E-state index in [-0.39, 0.29) is 5.56 Å². The normalized spacial score (nSPS) is 22.0. The Morgan fingerprint density at radius 1 is 1.54 bits per heavy atom. The van der Waals surface area contributed by atoms with Crippen LogP contribution in [0.4, 0.5) is 5.69 Å². The van der Waals surface area contributed by atoms with Crippen molar-refractivity contribution in [2.24, 2.45) is 0 Å². The van der Waals surface area contributed by atoms with E-state index < -0.39 is 0 Å². The second kappa shape index (κ2) is 3.46. The highest BCUT2D eigenvalue weighted by molar-refractivity contribution is 7.99. The number of rotatable bonds is 1. The van der Waals surface area contributed by atoms with Crippen molar-refractivity contribution in [3.05, 3.63) is 28.7 Å². The van der Waals surface area contributed by atoms with Crippen molar-refractivity contribution in [1.82, 2.24) is 4.57 Å². The Hall–Kier alpha value is -0.900. The summed E-state index contributed by atoms with van der Waals surface area (Å²) >= 11 is 1.89. The Kier molecular flexibility index (Phi) is 2.31. The molecule has 0 spiro atoms. The van der Waals surface area contributed by atoms with Gasteiger partial charge in [0.2, 0.25) is 0 Å². The Bertz CT molecular complexity index is 355. The van der Waals surface area contributed by atoms with E-state index in [1.165, 1.54) is 0 Å². The maximum Gasteiger partial charge on any atom is 0.250 e. The molecule has 0 bridgehead atoms. The zero-order valence-corrected chi connectivity index (χ0v) is 8.09. The van der Waals surface area contributed by atoms with Crippen molar-refractivity contribution < 1.29 is 0 Å². The third-order valence-electron chi connectivity index (χ3n) is 2.26. The molecule has 2 N–H and O–H groups in total. The average Bonchev–Trinajstić information content (AvgIpc) is 2.61. The lowest BCUT2D eigenvalue weighted by Crippen LogP contribution is -2.23. The minimum Gasteiger partial charge on any atom is -0.398 e. The molecule has 0 saturated carbocycles. The molecule has 1 atom stereocenters. The highest BCUT2D eigenvalue weighted by atomic mass is 32.2. The molecule has 1 aromatic heterocycles. The maximum absolute atomic E-state index is 11.5. The lowest BCUT2D eigenvalue weighted by atomic mass is 10.2. The minimum absolute atomic E-state index is 0.0571. The van der Waals surface area contributed by atoms with Crippen LogP contribution in [0.5, 0.6) is 0 Å². The number of nitrogens with two attached hydrogens (primary N) is 1. The van der Waals surface area contributed by atoms with E-state index in [4.69, 9.17) is 5.73 Å². The number of nitrogen functional groups attached to an aromatic ring is 1. The number of hydrogen-bond acceptors (Lipinski definition) is 3. The smallest absolute Gasteiger partial charge is 0.250 e. The molecule has 1 aliphatic heterocycles. The Morgan fingerprint density at radius 3 is 3.08 bits per heavy atom. The van der Waals surface area contributed by atoms with Crippen LogP contribution in [-0.4, -0.2) is 16.1 Å². The summed E-state index contributed by atoms with van der Waals surface area (Å²) in [6.45, 7) is 0. The van der Waals surface area contributed by atoms with Crippen LogP contribution in [-0.2, 0) is 0 Å². The number of thioether (sulfide) groups is 1. The summed E-state index contributed by atoms with van der Waals surface area (Å²) in [4.78, 5) is 11.5. The van der Waals surface area contributed by atoms with Gasteiger partial charge in [-0.15, -0.1) is 0 Å². The molecule has 1 unspecified atom stereocenters. The van der Waals surface area contributed by atoms with Crippen molar-refractivity contribution in [1.29, 1.82) is 0 Å². The average molecular weight is 196 g/mol. The van der Waals surface area contributed by atoms with Crippen molar-refractivity contribution in [2.45, 2.75) is 12.5 Å². The van der Waals surface area contributed by atoms with Gasteiger partial charge in [0.1, 0.15) is 0 Å². The molecule has 3 nitrogen and oxygen atoms in total. The van der Waals surface area contributed by atoms with Gasteiger partial charge >= 0.3 is 0 Å². The van der Waals surface area contributed by atoms with Gasteiger partial charge in [0.15, 0.2) is 0 Å². The Balaban J connectivity index is 2.37. The Morgan fingerprint density at radius 2 is 2.38 bits per heavy atom. The molecule has 0 aliphatic carbocycles. The number of pyridine rings is 1. The van der Waals surface area contributed by atoms with Crippen molar-refractivity contribution >= 4 is 17.4 Å². The molecular weight excluding hydrogens is 184 g/mol. The fourth-order valence-corrected chi connectivity index (χ4v) is 2.75. The van der Waals surface area contributed by atoms with Gasteiger partial charge < -0.3 is 10.3 Å². The van der Waals surface area contributed by atoms with Gasteiger partial charge in [-0.05, 0) is 18.2 Å². The van der Waals surface area contributed by atoms with Gasteiger partial charge in [-0.1, -0.05) is 0 Å². The van der Waals surface area contributed by atoms with Gasteiger partial charge in [-0.25, -0.2) is 0 Å². The molecule has 2 rings (SSSR count). The van der Waals surface area contributed by atoms with E-state index in [1.54, 1.807) is 22.9 Å². The van der Waals surface area contributed by atoms with Crippen LogP contribution >= 0.6 is 11.8 Å². The van der Waals surface area contributed by atoms with Gasteiger partial charge in [0.05, 0.1) is 0 Å². The first kappa shape index (κ1) is 8.69. The number of hydrogen-bond donors (Lipinski definition) is 1. The van der Waals surface area contributed by atoms with Crippen LogP contribution in [0.15, 0.2) is 23.1 Å². The predicted molar refractivity (Wildman–Crippen MR) is 56.1 cm³/mol. The summed E-state index contributed by atoms with van der Waals surface area (Å²) in [7, 11) is 0. The summed E-state index contributed by atoms with van der Waals surface area (Å²) in [6, 6.07) is 3.54. The first-order valence-corrected chi connectivity index (χ1v) is 5.48. The fraction of sp³-hybridized carbons (Fsp3) is 0.444. The van der Waals surface area contributed by atoms with Crippen LogP contribution in [0, 0.1) is 0 Å². The zero-order valence-electron chi connectivity index (χ0n) is 7.27. The van der Waals surface area contributed by atoms with Crippen LogP contribution < -0.4 is 11.3 Å². The summed E-state index contributed by atoms with van der Waals surface area (Å²) in [5.74, 6) is 2.18. The minimum atomic E-state index is 0.0571. The number of anilines is 1. The Labute approximate surface area is 80.9 Å². The van der Waals surface area contributed by atoms with Crippen LogP contribution in [0.3, 0.4) is 0 Å². The second-order valence-electron chi connectivity index (χ2n) is 3.23. The number of aromatic nitrogens is 1.